The number of aryl methyl sites for hydroxylation is 1. The quantitative estimate of drug-likeness (QED) is 0.564. The topological polar surface area (TPSA) is 0 Å². The van der Waals surface area contributed by atoms with Crippen LogP contribution in [0.2, 0.25) is 0 Å². The molecule has 0 saturated heterocycles. The molecule has 0 heterocycles. The minimum atomic E-state index is 0. The van der Waals surface area contributed by atoms with Gasteiger partial charge in [-0.25, -0.2) is 0 Å². The summed E-state index contributed by atoms with van der Waals surface area (Å²) in [6, 6.07) is 9.14. The first kappa shape index (κ1) is 15.0. The van der Waals surface area contributed by atoms with Gasteiger partial charge in [-0.3, -0.25) is 0 Å². The third-order valence-electron chi connectivity index (χ3n) is 3.96. The van der Waals surface area contributed by atoms with E-state index in [2.05, 4.69) is 50.3 Å². The molecule has 0 aromatic heterocycles. The largest absolute Gasteiger partial charge is 0.0885 e. The Kier molecular flexibility index (Phi) is 6.18. The predicted octanol–water partition coefficient (Wildman–Crippen LogP) is 6.12. The average Bonchev–Trinajstić information content (AvgIpc) is 2.38. The van der Waals surface area contributed by atoms with Crippen molar-refractivity contribution < 1.29 is 1.43 Å². The highest BCUT2D eigenvalue weighted by Gasteiger charge is 2.20. The maximum Gasteiger partial charge on any atom is 0 e. The Labute approximate surface area is 115 Å². The highest BCUT2D eigenvalue weighted by molar-refractivity contribution is 5.25. The van der Waals surface area contributed by atoms with Crippen LogP contribution in [0.1, 0.15) is 64.9 Å². The van der Waals surface area contributed by atoms with Crippen LogP contribution in [0.15, 0.2) is 36.4 Å². The van der Waals surface area contributed by atoms with E-state index in [-0.39, 0.29) is 8.85 Å². The molecule has 1 aromatic carbocycles. The molecule has 102 valence electrons. The highest BCUT2D eigenvalue weighted by Crippen LogP contribution is 2.36. The number of hydrogen-bond acceptors (Lipinski definition) is 0. The molecule has 1 aromatic rings. The van der Waals surface area contributed by atoms with Crippen LogP contribution in [-0.4, -0.2) is 0 Å². The summed E-state index contributed by atoms with van der Waals surface area (Å²) >= 11 is 0. The molecule has 0 aliphatic heterocycles. The molecule has 0 spiro atoms. The molecule has 0 heteroatoms. The van der Waals surface area contributed by atoms with Crippen molar-refractivity contribution in [3.8, 4) is 0 Å². The van der Waals surface area contributed by atoms with Gasteiger partial charge in [0.1, 0.15) is 0 Å². The molecule has 0 N–H and O–H groups in total. The van der Waals surface area contributed by atoms with Gasteiger partial charge in [-0.1, -0.05) is 56.3 Å². The summed E-state index contributed by atoms with van der Waals surface area (Å²) in [5, 5.41) is 0. The van der Waals surface area contributed by atoms with E-state index in [1.165, 1.54) is 37.7 Å². The summed E-state index contributed by atoms with van der Waals surface area (Å²) in [6.45, 7) is 4.38. The molecular weight excluding hydrogens is 216 g/mol. The van der Waals surface area contributed by atoms with Crippen LogP contribution in [0.3, 0.4) is 0 Å². The van der Waals surface area contributed by atoms with Gasteiger partial charge < -0.3 is 0 Å². The van der Waals surface area contributed by atoms with E-state index in [0.717, 1.165) is 11.8 Å². The van der Waals surface area contributed by atoms with Crippen molar-refractivity contribution in [2.24, 2.45) is 5.92 Å². The second kappa shape index (κ2) is 7.41. The van der Waals surface area contributed by atoms with Gasteiger partial charge in [0.2, 0.25) is 0 Å². The van der Waals surface area contributed by atoms with Crippen molar-refractivity contribution in [2.75, 3.05) is 0 Å². The monoisotopic (exact) mass is 246 g/mol. The van der Waals surface area contributed by atoms with Gasteiger partial charge in [0.05, 0.1) is 0 Å². The minimum absolute atomic E-state index is 0. The summed E-state index contributed by atoms with van der Waals surface area (Å²) in [4.78, 5) is 0. The Hall–Kier alpha value is -1.04. The Morgan fingerprint density at radius 1 is 1.11 bits per heavy atom. The van der Waals surface area contributed by atoms with E-state index in [0.29, 0.717) is 0 Å². The van der Waals surface area contributed by atoms with Gasteiger partial charge in [-0.15, -0.1) is 0 Å². The molecule has 0 unspecified atom stereocenters. The lowest BCUT2D eigenvalue weighted by molar-refractivity contribution is 0.375. The lowest BCUT2D eigenvalue weighted by atomic mass is 9.78. The normalized spacial score (nSPS) is 23.9. The fraction of sp³-hybridized carbons (Fsp3) is 0.556. The van der Waals surface area contributed by atoms with Crippen molar-refractivity contribution >= 4 is 0 Å². The number of benzene rings is 1. The summed E-state index contributed by atoms with van der Waals surface area (Å²) in [6.07, 6.45) is 11.4. The second-order valence-electron chi connectivity index (χ2n) is 5.36. The molecule has 18 heavy (non-hydrogen) atoms. The molecule has 0 nitrogen and oxygen atoms in total. The third-order valence-corrected chi connectivity index (χ3v) is 3.96. The molecule has 0 atom stereocenters. The van der Waals surface area contributed by atoms with Gasteiger partial charge in [0.15, 0.2) is 0 Å². The smallest absolute Gasteiger partial charge is 0 e. The van der Waals surface area contributed by atoms with Crippen molar-refractivity contribution in [1.29, 1.82) is 0 Å². The zero-order chi connectivity index (χ0) is 12.1. The summed E-state index contributed by atoms with van der Waals surface area (Å²) in [5.41, 5.74) is 2.92. The number of rotatable bonds is 3. The predicted molar refractivity (Wildman–Crippen MR) is 84.2 cm³/mol. The molecule has 0 bridgehead atoms. The average molecular weight is 246 g/mol. The van der Waals surface area contributed by atoms with Gasteiger partial charge >= 0.3 is 0 Å². The molecule has 0 amide bonds. The van der Waals surface area contributed by atoms with Crippen LogP contribution >= 0.6 is 0 Å². The summed E-state index contributed by atoms with van der Waals surface area (Å²) in [5.74, 6) is 1.65. The van der Waals surface area contributed by atoms with E-state index in [1.54, 1.807) is 5.56 Å². The highest BCUT2D eigenvalue weighted by atomic mass is 14.2. The Morgan fingerprint density at radius 2 is 1.72 bits per heavy atom. The van der Waals surface area contributed by atoms with Gasteiger partial charge in [-0.2, -0.15) is 0 Å². The van der Waals surface area contributed by atoms with E-state index < -0.39 is 0 Å². The Balaban J connectivity index is 0.00000162. The minimum Gasteiger partial charge on any atom is -0.0885 e. The van der Waals surface area contributed by atoms with Crippen molar-refractivity contribution in [2.45, 2.75) is 59.3 Å². The maximum absolute atomic E-state index is 2.44. The maximum atomic E-state index is 2.44. The van der Waals surface area contributed by atoms with E-state index in [4.69, 9.17) is 0 Å². The van der Waals surface area contributed by atoms with Crippen LogP contribution in [0.25, 0.3) is 0 Å². The van der Waals surface area contributed by atoms with Crippen LogP contribution < -0.4 is 0 Å². The SMILES string of the molecule is C.CC/C=C/C1CCC(c2ccc(C)cc2)CC1.[HH]. The zero-order valence-corrected chi connectivity index (χ0v) is 11.2. The van der Waals surface area contributed by atoms with Crippen molar-refractivity contribution in [3.05, 3.63) is 47.5 Å². The number of allylic oxidation sites excluding steroid dienone is 2. The molecule has 1 aliphatic rings. The van der Waals surface area contributed by atoms with Crippen molar-refractivity contribution in [1.82, 2.24) is 0 Å². The third kappa shape index (κ3) is 4.01. The second-order valence-corrected chi connectivity index (χ2v) is 5.36. The van der Waals surface area contributed by atoms with E-state index >= 15 is 0 Å². The molecule has 2 rings (SSSR count). The van der Waals surface area contributed by atoms with Crippen LogP contribution in [0, 0.1) is 12.8 Å². The first-order valence-electron chi connectivity index (χ1n) is 7.03. The van der Waals surface area contributed by atoms with E-state index in [1.807, 2.05) is 0 Å². The lowest BCUT2D eigenvalue weighted by Crippen LogP contribution is -2.11. The van der Waals surface area contributed by atoms with Gasteiger partial charge in [0.25, 0.3) is 0 Å². The van der Waals surface area contributed by atoms with Crippen LogP contribution in [0.5, 0.6) is 0 Å². The molecule has 1 fully saturated rings. The first-order chi connectivity index (χ1) is 8.29. The lowest BCUT2D eigenvalue weighted by Gasteiger charge is -2.27. The fourth-order valence-electron chi connectivity index (χ4n) is 2.81. The molecule has 1 saturated carbocycles. The first-order valence-corrected chi connectivity index (χ1v) is 7.03. The fourth-order valence-corrected chi connectivity index (χ4v) is 2.81. The summed E-state index contributed by atoms with van der Waals surface area (Å²) in [7, 11) is 0. The Bertz CT molecular complexity index is 356. The zero-order valence-electron chi connectivity index (χ0n) is 11.2. The van der Waals surface area contributed by atoms with E-state index in [9.17, 15) is 0 Å². The molecular formula is C18H30. The van der Waals surface area contributed by atoms with Gasteiger partial charge in [-0.05, 0) is 56.4 Å². The standard InChI is InChI=1S/C17H24.CH4.H2/c1-3-4-5-15-8-12-17(13-9-15)16-10-6-14(2)7-11-16;;/h4-7,10-11,15,17H,3,8-9,12-13H2,1-2H3;1H4;1H/b5-4+;;. The number of hydrogen-bond donors (Lipinski definition) is 0. The van der Waals surface area contributed by atoms with Crippen molar-refractivity contribution in [3.63, 3.8) is 0 Å². The van der Waals surface area contributed by atoms with Crippen LogP contribution in [0.4, 0.5) is 0 Å². The Morgan fingerprint density at radius 3 is 2.28 bits per heavy atom. The molecule has 0 radical (unpaired) electrons. The molecule has 1 aliphatic carbocycles. The van der Waals surface area contributed by atoms with Crippen LogP contribution in [-0.2, 0) is 0 Å². The summed E-state index contributed by atoms with van der Waals surface area (Å²) < 4.78 is 0. The van der Waals surface area contributed by atoms with Gasteiger partial charge in [0, 0.05) is 1.43 Å².